The Hall–Kier alpha value is -3.08. The van der Waals surface area contributed by atoms with Crippen molar-refractivity contribution in [3.8, 4) is 5.75 Å². The van der Waals surface area contributed by atoms with Gasteiger partial charge in [-0.05, 0) is 35.3 Å². The monoisotopic (exact) mass is 350 g/mol. The van der Waals surface area contributed by atoms with Gasteiger partial charge in [0, 0.05) is 17.5 Å². The predicted octanol–water partition coefficient (Wildman–Crippen LogP) is 3.44. The molecule has 0 heterocycles. The summed E-state index contributed by atoms with van der Waals surface area (Å²) in [5.74, 6) is -0.545. The highest BCUT2D eigenvalue weighted by molar-refractivity contribution is 6.02. The van der Waals surface area contributed by atoms with Crippen molar-refractivity contribution in [3.05, 3.63) is 72.3 Å². The van der Waals surface area contributed by atoms with Crippen LogP contribution in [0.15, 0.2) is 61.2 Å². The van der Waals surface area contributed by atoms with Gasteiger partial charge in [-0.3, -0.25) is 9.59 Å². The Morgan fingerprint density at radius 2 is 1.85 bits per heavy atom. The maximum atomic E-state index is 12.7. The molecule has 5 nitrogen and oxygen atoms in total. The summed E-state index contributed by atoms with van der Waals surface area (Å²) in [6.07, 6.45) is 1.10. The van der Waals surface area contributed by atoms with Crippen LogP contribution in [-0.2, 0) is 4.79 Å². The summed E-state index contributed by atoms with van der Waals surface area (Å²) >= 11 is 0. The maximum absolute atomic E-state index is 12.7. The fourth-order valence-electron chi connectivity index (χ4n) is 3.38. The van der Waals surface area contributed by atoms with Crippen molar-refractivity contribution in [1.82, 2.24) is 5.32 Å². The van der Waals surface area contributed by atoms with Gasteiger partial charge in [-0.25, -0.2) is 0 Å². The van der Waals surface area contributed by atoms with E-state index < -0.39 is 5.91 Å². The Kier molecular flexibility index (Phi) is 4.55. The van der Waals surface area contributed by atoms with E-state index in [2.05, 4.69) is 43.2 Å². The first kappa shape index (κ1) is 17.7. The van der Waals surface area contributed by atoms with Crippen LogP contribution < -0.4 is 10.6 Å². The van der Waals surface area contributed by atoms with Crippen LogP contribution in [0.1, 0.15) is 35.7 Å². The molecule has 0 aromatic heterocycles. The molecule has 26 heavy (non-hydrogen) atoms. The van der Waals surface area contributed by atoms with Crippen LogP contribution in [0.2, 0.25) is 0 Å². The number of nitrogens with one attached hydrogen (secondary N) is 2. The van der Waals surface area contributed by atoms with E-state index in [1.165, 1.54) is 23.8 Å². The topological polar surface area (TPSA) is 78.4 Å². The van der Waals surface area contributed by atoms with Crippen LogP contribution in [0.3, 0.4) is 0 Å². The standard InChI is InChI=1S/C21H22N2O3/c1-4-17(25)22-15-12-14(10-11-16(15)24)20(26)23-19-18(21(19,2)3)13-8-6-5-7-9-13/h4-12,18-19,24H,1H2,2-3H3,(H,22,25)(H,23,26)/t18-,19-/m0/s1. The second-order valence-corrected chi connectivity index (χ2v) is 7.09. The lowest BCUT2D eigenvalue weighted by Crippen LogP contribution is -2.29. The third kappa shape index (κ3) is 3.33. The van der Waals surface area contributed by atoms with Crippen molar-refractivity contribution in [2.75, 3.05) is 5.32 Å². The first-order chi connectivity index (χ1) is 12.3. The van der Waals surface area contributed by atoms with E-state index in [9.17, 15) is 14.7 Å². The van der Waals surface area contributed by atoms with Crippen LogP contribution in [0.25, 0.3) is 0 Å². The molecule has 2 amide bonds. The van der Waals surface area contributed by atoms with Crippen LogP contribution in [0.4, 0.5) is 5.69 Å². The average Bonchev–Trinajstić information content (AvgIpc) is 3.17. The molecule has 2 aromatic carbocycles. The summed E-state index contributed by atoms with van der Waals surface area (Å²) in [5, 5.41) is 15.4. The molecule has 1 saturated carbocycles. The number of rotatable bonds is 5. The number of phenolic OH excluding ortho intramolecular Hbond substituents is 1. The Morgan fingerprint density at radius 3 is 2.50 bits per heavy atom. The van der Waals surface area contributed by atoms with Crippen molar-refractivity contribution in [1.29, 1.82) is 0 Å². The molecule has 5 heteroatoms. The lowest BCUT2D eigenvalue weighted by atomic mass is 10.0. The molecule has 3 N–H and O–H groups in total. The molecule has 134 valence electrons. The first-order valence-electron chi connectivity index (χ1n) is 8.47. The number of carbonyl (C=O) groups is 2. The van der Waals surface area contributed by atoms with Crippen LogP contribution in [-0.4, -0.2) is 23.0 Å². The molecule has 0 unspecified atom stereocenters. The minimum atomic E-state index is -0.453. The largest absolute Gasteiger partial charge is 0.506 e. The van der Waals surface area contributed by atoms with Crippen molar-refractivity contribution < 1.29 is 14.7 Å². The third-order valence-corrected chi connectivity index (χ3v) is 4.97. The summed E-state index contributed by atoms with van der Waals surface area (Å²) in [6, 6.07) is 14.5. The first-order valence-corrected chi connectivity index (χ1v) is 8.47. The van der Waals surface area contributed by atoms with Gasteiger partial charge in [0.05, 0.1) is 5.69 Å². The zero-order valence-corrected chi connectivity index (χ0v) is 14.8. The molecule has 1 aliphatic carbocycles. The van der Waals surface area contributed by atoms with Gasteiger partial charge in [0.2, 0.25) is 5.91 Å². The van der Waals surface area contributed by atoms with Gasteiger partial charge in [-0.2, -0.15) is 0 Å². The van der Waals surface area contributed by atoms with E-state index in [1.54, 1.807) is 0 Å². The van der Waals surface area contributed by atoms with Gasteiger partial charge >= 0.3 is 0 Å². The molecular weight excluding hydrogens is 328 g/mol. The molecule has 0 spiro atoms. The lowest BCUT2D eigenvalue weighted by Gasteiger charge is -2.10. The van der Waals surface area contributed by atoms with E-state index >= 15 is 0 Å². The fourth-order valence-corrected chi connectivity index (χ4v) is 3.38. The van der Waals surface area contributed by atoms with Crippen molar-refractivity contribution in [2.45, 2.75) is 25.8 Å². The maximum Gasteiger partial charge on any atom is 0.251 e. The molecule has 0 radical (unpaired) electrons. The zero-order valence-electron chi connectivity index (χ0n) is 14.8. The van der Waals surface area contributed by atoms with Gasteiger partial charge in [-0.1, -0.05) is 50.8 Å². The Bertz CT molecular complexity index is 859. The van der Waals surface area contributed by atoms with Crippen molar-refractivity contribution in [3.63, 3.8) is 0 Å². The smallest absolute Gasteiger partial charge is 0.251 e. The van der Waals surface area contributed by atoms with E-state index in [0.29, 0.717) is 5.56 Å². The summed E-state index contributed by atoms with van der Waals surface area (Å²) < 4.78 is 0. The zero-order chi connectivity index (χ0) is 18.9. The number of amides is 2. The highest BCUT2D eigenvalue weighted by Crippen LogP contribution is 2.58. The van der Waals surface area contributed by atoms with Gasteiger partial charge < -0.3 is 15.7 Å². The van der Waals surface area contributed by atoms with Crippen molar-refractivity contribution in [2.24, 2.45) is 5.41 Å². The second-order valence-electron chi connectivity index (χ2n) is 7.09. The molecular formula is C21H22N2O3. The molecule has 0 aliphatic heterocycles. The van der Waals surface area contributed by atoms with Gasteiger partial charge in [0.25, 0.3) is 5.91 Å². The number of anilines is 1. The summed E-state index contributed by atoms with van der Waals surface area (Å²) in [7, 11) is 0. The number of hydrogen-bond donors (Lipinski definition) is 3. The molecule has 2 aromatic rings. The second kappa shape index (κ2) is 6.67. The summed E-state index contributed by atoms with van der Waals surface area (Å²) in [5.41, 5.74) is 1.72. The minimum Gasteiger partial charge on any atom is -0.506 e. The molecule has 1 fully saturated rings. The molecule has 0 bridgehead atoms. The van der Waals surface area contributed by atoms with Crippen LogP contribution in [0.5, 0.6) is 5.75 Å². The van der Waals surface area contributed by atoms with Gasteiger partial charge in [0.1, 0.15) is 5.75 Å². The summed E-state index contributed by atoms with van der Waals surface area (Å²) in [4.78, 5) is 24.1. The summed E-state index contributed by atoms with van der Waals surface area (Å²) in [6.45, 7) is 7.63. The van der Waals surface area contributed by atoms with E-state index in [-0.39, 0.29) is 34.7 Å². The number of carbonyl (C=O) groups excluding carboxylic acids is 2. The fraction of sp³-hybridized carbons (Fsp3) is 0.238. The van der Waals surface area contributed by atoms with Crippen molar-refractivity contribution >= 4 is 17.5 Å². The van der Waals surface area contributed by atoms with E-state index in [1.807, 2.05) is 18.2 Å². The minimum absolute atomic E-state index is 0.0254. The third-order valence-electron chi connectivity index (χ3n) is 4.97. The van der Waals surface area contributed by atoms with Gasteiger partial charge in [-0.15, -0.1) is 0 Å². The number of hydrogen-bond acceptors (Lipinski definition) is 3. The average molecular weight is 350 g/mol. The molecule has 0 saturated heterocycles. The molecule has 2 atom stereocenters. The van der Waals surface area contributed by atoms with Crippen LogP contribution in [0, 0.1) is 5.41 Å². The lowest BCUT2D eigenvalue weighted by molar-refractivity contribution is -0.111. The number of benzene rings is 2. The Labute approximate surface area is 152 Å². The quantitative estimate of drug-likeness (QED) is 0.571. The highest BCUT2D eigenvalue weighted by Gasteiger charge is 2.59. The Balaban J connectivity index is 1.75. The molecule has 3 rings (SSSR count). The predicted molar refractivity (Wildman–Crippen MR) is 101 cm³/mol. The van der Waals surface area contributed by atoms with E-state index in [4.69, 9.17) is 0 Å². The Morgan fingerprint density at radius 1 is 1.15 bits per heavy atom. The molecule has 1 aliphatic rings. The highest BCUT2D eigenvalue weighted by atomic mass is 16.3. The van der Waals surface area contributed by atoms with Crippen LogP contribution >= 0.6 is 0 Å². The van der Waals surface area contributed by atoms with Gasteiger partial charge in [0.15, 0.2) is 0 Å². The van der Waals surface area contributed by atoms with E-state index in [0.717, 1.165) is 6.08 Å². The number of phenols is 1. The SMILES string of the molecule is C=CC(=O)Nc1cc(C(=O)N[C@H]2[C@H](c3ccccc3)C2(C)C)ccc1O. The normalized spacial score (nSPS) is 20.1. The number of aromatic hydroxyl groups is 1.